The molecule has 0 spiro atoms. The van der Waals surface area contributed by atoms with Gasteiger partial charge in [-0.25, -0.2) is 0 Å². The minimum Gasteiger partial charge on any atom is -0.306 e. The van der Waals surface area contributed by atoms with Crippen LogP contribution in [0.5, 0.6) is 0 Å². The third-order valence-electron chi connectivity index (χ3n) is 2.53. The number of benzene rings is 1. The summed E-state index contributed by atoms with van der Waals surface area (Å²) in [5.74, 6) is -0.166. The molecule has 0 bridgehead atoms. The fourth-order valence-electron chi connectivity index (χ4n) is 1.73. The van der Waals surface area contributed by atoms with Gasteiger partial charge in [0.2, 0.25) is 6.29 Å². The molecule has 16 heavy (non-hydrogen) atoms. The van der Waals surface area contributed by atoms with Crippen LogP contribution in [-0.2, 0) is 9.59 Å². The van der Waals surface area contributed by atoms with Gasteiger partial charge in [-0.05, 0) is 24.5 Å². The van der Waals surface area contributed by atoms with E-state index in [1.54, 1.807) is 0 Å². The average Bonchev–Trinajstić information content (AvgIpc) is 2.30. The quantitative estimate of drug-likeness (QED) is 0.576. The van der Waals surface area contributed by atoms with Gasteiger partial charge in [-0.3, -0.25) is 9.59 Å². The van der Waals surface area contributed by atoms with E-state index < -0.39 is 5.91 Å². The lowest BCUT2D eigenvalue weighted by Crippen LogP contribution is -2.32. The lowest BCUT2D eigenvalue weighted by Gasteiger charge is -2.23. The Morgan fingerprint density at radius 3 is 2.50 bits per heavy atom. The Kier molecular flexibility index (Phi) is 4.23. The minimum atomic E-state index is -0.490. The number of para-hydroxylation sites is 1. The van der Waals surface area contributed by atoms with Crippen molar-refractivity contribution in [3.63, 3.8) is 0 Å². The van der Waals surface area contributed by atoms with E-state index in [9.17, 15) is 9.59 Å². The third-order valence-corrected chi connectivity index (χ3v) is 2.53. The van der Waals surface area contributed by atoms with Gasteiger partial charge in [-0.15, -0.1) is 0 Å². The van der Waals surface area contributed by atoms with Crippen molar-refractivity contribution in [2.75, 3.05) is 11.4 Å². The van der Waals surface area contributed by atoms with Crippen molar-refractivity contribution in [3.05, 3.63) is 29.8 Å². The first-order valence-corrected chi connectivity index (χ1v) is 5.47. The topological polar surface area (TPSA) is 37.4 Å². The van der Waals surface area contributed by atoms with Gasteiger partial charge >= 0.3 is 0 Å². The number of carbonyl (C=O) groups excluding carboxylic acids is 2. The highest BCUT2D eigenvalue weighted by Crippen LogP contribution is 2.26. The normalized spacial score (nSPS) is 10.2. The summed E-state index contributed by atoms with van der Waals surface area (Å²) >= 11 is 0. The molecular formula is C13H17NO2. The second kappa shape index (κ2) is 5.45. The number of carbonyl (C=O) groups is 2. The zero-order valence-electron chi connectivity index (χ0n) is 9.93. The van der Waals surface area contributed by atoms with Gasteiger partial charge in [0.15, 0.2) is 0 Å². The summed E-state index contributed by atoms with van der Waals surface area (Å²) in [6, 6.07) is 7.68. The Hall–Kier alpha value is -1.64. The molecule has 0 aromatic heterocycles. The van der Waals surface area contributed by atoms with Crippen LogP contribution in [0, 0.1) is 0 Å². The second-order valence-corrected chi connectivity index (χ2v) is 3.91. The highest BCUT2D eigenvalue weighted by Gasteiger charge is 2.16. The van der Waals surface area contributed by atoms with Gasteiger partial charge in [0, 0.05) is 12.2 Å². The van der Waals surface area contributed by atoms with Crippen LogP contribution in [0.2, 0.25) is 0 Å². The van der Waals surface area contributed by atoms with Crippen molar-refractivity contribution in [1.82, 2.24) is 0 Å². The molecule has 0 unspecified atom stereocenters. The van der Waals surface area contributed by atoms with E-state index in [2.05, 4.69) is 13.8 Å². The maximum Gasteiger partial charge on any atom is 0.291 e. The number of rotatable bonds is 4. The fraction of sp³-hybridized carbons (Fsp3) is 0.385. The van der Waals surface area contributed by atoms with Crippen LogP contribution in [0.25, 0.3) is 0 Å². The molecule has 3 heteroatoms. The molecule has 1 aromatic rings. The Bertz CT molecular complexity index is 385. The predicted molar refractivity (Wildman–Crippen MR) is 64.6 cm³/mol. The number of anilines is 1. The van der Waals surface area contributed by atoms with Gasteiger partial charge in [0.1, 0.15) is 0 Å². The Labute approximate surface area is 96.1 Å². The van der Waals surface area contributed by atoms with Crippen molar-refractivity contribution < 1.29 is 9.59 Å². The molecule has 1 amide bonds. The molecule has 0 saturated carbocycles. The SMILES string of the molecule is CCN(C(=O)C=O)c1ccccc1C(C)C. The number of nitrogens with zero attached hydrogens (tertiary/aromatic N) is 1. The highest BCUT2D eigenvalue weighted by molar-refractivity contribution is 6.30. The third kappa shape index (κ3) is 2.48. The van der Waals surface area contributed by atoms with Crippen molar-refractivity contribution in [3.8, 4) is 0 Å². The standard InChI is InChI=1S/C13H17NO2/c1-4-14(13(16)9-15)12-8-6-5-7-11(12)10(2)3/h5-10H,4H2,1-3H3. The van der Waals surface area contributed by atoms with Crippen LogP contribution in [0.1, 0.15) is 32.3 Å². The van der Waals surface area contributed by atoms with E-state index in [0.29, 0.717) is 18.7 Å². The Morgan fingerprint density at radius 1 is 1.38 bits per heavy atom. The van der Waals surface area contributed by atoms with Crippen LogP contribution in [0.15, 0.2) is 24.3 Å². The molecule has 0 radical (unpaired) electrons. The molecular weight excluding hydrogens is 202 g/mol. The molecule has 0 fully saturated rings. The summed E-state index contributed by atoms with van der Waals surface area (Å²) in [4.78, 5) is 23.5. The van der Waals surface area contributed by atoms with Crippen LogP contribution >= 0.6 is 0 Å². The molecule has 0 saturated heterocycles. The van der Waals surface area contributed by atoms with E-state index in [-0.39, 0.29) is 0 Å². The van der Waals surface area contributed by atoms with Gasteiger partial charge in [-0.2, -0.15) is 0 Å². The van der Waals surface area contributed by atoms with Gasteiger partial charge in [0.05, 0.1) is 0 Å². The molecule has 0 aliphatic carbocycles. The van der Waals surface area contributed by atoms with Crippen molar-refractivity contribution >= 4 is 17.9 Å². The van der Waals surface area contributed by atoms with Crippen LogP contribution in [0.4, 0.5) is 5.69 Å². The van der Waals surface area contributed by atoms with E-state index in [1.807, 2.05) is 31.2 Å². The summed E-state index contributed by atoms with van der Waals surface area (Å²) in [6.07, 6.45) is 0.362. The monoisotopic (exact) mass is 219 g/mol. The molecule has 0 aliphatic rings. The molecule has 0 heterocycles. The van der Waals surface area contributed by atoms with Crippen LogP contribution in [-0.4, -0.2) is 18.7 Å². The number of aldehydes is 1. The van der Waals surface area contributed by atoms with Crippen molar-refractivity contribution in [2.24, 2.45) is 0 Å². The first-order valence-electron chi connectivity index (χ1n) is 5.47. The van der Waals surface area contributed by atoms with E-state index in [1.165, 1.54) is 4.90 Å². The fourth-order valence-corrected chi connectivity index (χ4v) is 1.73. The number of hydrogen-bond donors (Lipinski definition) is 0. The summed E-state index contributed by atoms with van der Waals surface area (Å²) < 4.78 is 0. The van der Waals surface area contributed by atoms with E-state index in [4.69, 9.17) is 0 Å². The number of likely N-dealkylation sites (N-methyl/N-ethyl adjacent to an activating group) is 1. The molecule has 1 aromatic carbocycles. The summed E-state index contributed by atoms with van der Waals surface area (Å²) in [7, 11) is 0. The molecule has 3 nitrogen and oxygen atoms in total. The summed E-state index contributed by atoms with van der Waals surface area (Å²) in [6.45, 7) is 6.50. The van der Waals surface area contributed by atoms with Crippen molar-refractivity contribution in [2.45, 2.75) is 26.7 Å². The lowest BCUT2D eigenvalue weighted by atomic mass is 10.0. The summed E-state index contributed by atoms with van der Waals surface area (Å²) in [5, 5.41) is 0. The van der Waals surface area contributed by atoms with Gasteiger partial charge in [0.25, 0.3) is 5.91 Å². The summed E-state index contributed by atoms with van der Waals surface area (Å²) in [5.41, 5.74) is 1.91. The largest absolute Gasteiger partial charge is 0.306 e. The smallest absolute Gasteiger partial charge is 0.291 e. The first kappa shape index (κ1) is 12.4. The molecule has 0 atom stereocenters. The van der Waals surface area contributed by atoms with Gasteiger partial charge < -0.3 is 4.90 Å². The second-order valence-electron chi connectivity index (χ2n) is 3.91. The molecule has 0 aliphatic heterocycles. The maximum atomic E-state index is 11.5. The molecule has 86 valence electrons. The number of hydrogen-bond acceptors (Lipinski definition) is 2. The van der Waals surface area contributed by atoms with E-state index in [0.717, 1.165) is 11.3 Å². The molecule has 1 rings (SSSR count). The predicted octanol–water partition coefficient (Wildman–Crippen LogP) is 2.36. The van der Waals surface area contributed by atoms with Crippen molar-refractivity contribution in [1.29, 1.82) is 0 Å². The van der Waals surface area contributed by atoms with Gasteiger partial charge in [-0.1, -0.05) is 32.0 Å². The number of amides is 1. The maximum absolute atomic E-state index is 11.5. The zero-order valence-corrected chi connectivity index (χ0v) is 9.93. The highest BCUT2D eigenvalue weighted by atomic mass is 16.2. The first-order chi connectivity index (χ1) is 7.61. The molecule has 0 N–H and O–H groups in total. The lowest BCUT2D eigenvalue weighted by molar-refractivity contribution is -0.129. The van der Waals surface area contributed by atoms with Crippen LogP contribution < -0.4 is 4.90 Å². The zero-order chi connectivity index (χ0) is 12.1. The average molecular weight is 219 g/mol. The Morgan fingerprint density at radius 2 is 2.00 bits per heavy atom. The van der Waals surface area contributed by atoms with Crippen LogP contribution in [0.3, 0.4) is 0 Å². The van der Waals surface area contributed by atoms with E-state index >= 15 is 0 Å². The Balaban J connectivity index is 3.19. The minimum absolute atomic E-state index is 0.324.